The van der Waals surface area contributed by atoms with Gasteiger partial charge in [-0.25, -0.2) is 9.78 Å². The average Bonchev–Trinajstić information content (AvgIpc) is 3.06. The van der Waals surface area contributed by atoms with E-state index in [1.54, 1.807) is 19.1 Å². The maximum absolute atomic E-state index is 12.5. The highest BCUT2D eigenvalue weighted by Gasteiger charge is 2.50. The van der Waals surface area contributed by atoms with Crippen LogP contribution >= 0.6 is 11.6 Å². The Labute approximate surface area is 124 Å². The molecule has 3 rings (SSSR count). The zero-order chi connectivity index (χ0) is 15.0. The van der Waals surface area contributed by atoms with E-state index in [1.165, 1.54) is 18.7 Å². The van der Waals surface area contributed by atoms with E-state index in [0.29, 0.717) is 11.5 Å². The van der Waals surface area contributed by atoms with Crippen molar-refractivity contribution in [2.75, 3.05) is 0 Å². The van der Waals surface area contributed by atoms with Crippen molar-refractivity contribution < 1.29 is 14.0 Å². The first kappa shape index (κ1) is 13.6. The van der Waals surface area contributed by atoms with Crippen LogP contribution in [0.5, 0.6) is 0 Å². The van der Waals surface area contributed by atoms with E-state index in [2.05, 4.69) is 15.3 Å². The molecule has 0 aromatic carbocycles. The Morgan fingerprint density at radius 1 is 1.38 bits per heavy atom. The molecule has 1 atom stereocenters. The zero-order valence-electron chi connectivity index (χ0n) is 11.0. The first-order chi connectivity index (χ1) is 10.0. The van der Waals surface area contributed by atoms with Crippen LogP contribution in [0.3, 0.4) is 0 Å². The van der Waals surface area contributed by atoms with Crippen LogP contribution in [0.2, 0.25) is 5.15 Å². The molecule has 108 valence electrons. The highest BCUT2D eigenvalue weighted by Crippen LogP contribution is 2.29. The third kappa shape index (κ3) is 2.25. The lowest BCUT2D eigenvalue weighted by Crippen LogP contribution is -2.40. The topological polar surface area (TPSA) is 88.3 Å². The quantitative estimate of drug-likeness (QED) is 0.872. The third-order valence-corrected chi connectivity index (χ3v) is 3.48. The fraction of sp³-hybridized carbons (Fsp3) is 0.231. The maximum Gasteiger partial charge on any atom is 0.325 e. The van der Waals surface area contributed by atoms with Gasteiger partial charge in [0, 0.05) is 0 Å². The summed E-state index contributed by atoms with van der Waals surface area (Å²) in [5, 5.41) is 2.88. The van der Waals surface area contributed by atoms with Crippen molar-refractivity contribution in [1.29, 1.82) is 0 Å². The average molecular weight is 307 g/mol. The Bertz CT molecular complexity index is 686. The summed E-state index contributed by atoms with van der Waals surface area (Å²) in [5.41, 5.74) is -0.743. The highest BCUT2D eigenvalue weighted by molar-refractivity contribution is 6.29. The van der Waals surface area contributed by atoms with Crippen molar-refractivity contribution in [3.8, 4) is 0 Å². The summed E-state index contributed by atoms with van der Waals surface area (Å²) in [6, 6.07) is 2.80. The van der Waals surface area contributed by atoms with Crippen LogP contribution in [0.1, 0.15) is 18.4 Å². The fourth-order valence-corrected chi connectivity index (χ4v) is 2.25. The molecule has 2 aromatic rings. The van der Waals surface area contributed by atoms with Gasteiger partial charge in [0.25, 0.3) is 5.91 Å². The minimum Gasteiger partial charge on any atom is -0.466 e. The van der Waals surface area contributed by atoms with Gasteiger partial charge < -0.3 is 9.73 Å². The zero-order valence-corrected chi connectivity index (χ0v) is 11.8. The summed E-state index contributed by atoms with van der Waals surface area (Å²) in [4.78, 5) is 33.5. The standard InChI is InChI=1S/C13H11ClN4O3/c1-13(9-3-2-4-21-9)11(19)18(12(20)17-13)7-8-5-16-10(14)6-15-8/h2-6H,7H2,1H3,(H,17,20). The minimum absolute atomic E-state index is 0.0190. The number of carbonyl (C=O) groups is 2. The van der Waals surface area contributed by atoms with E-state index in [1.807, 2.05) is 0 Å². The van der Waals surface area contributed by atoms with E-state index in [4.69, 9.17) is 16.0 Å². The number of amides is 3. The van der Waals surface area contributed by atoms with Crippen LogP contribution < -0.4 is 5.32 Å². The van der Waals surface area contributed by atoms with Crippen LogP contribution in [-0.2, 0) is 16.9 Å². The van der Waals surface area contributed by atoms with Gasteiger partial charge >= 0.3 is 6.03 Å². The molecule has 0 bridgehead atoms. The number of hydrogen-bond donors (Lipinski definition) is 1. The van der Waals surface area contributed by atoms with E-state index in [0.717, 1.165) is 4.90 Å². The van der Waals surface area contributed by atoms with Gasteiger partial charge in [-0.1, -0.05) is 11.6 Å². The van der Waals surface area contributed by atoms with Crippen molar-refractivity contribution in [1.82, 2.24) is 20.2 Å². The number of urea groups is 1. The smallest absolute Gasteiger partial charge is 0.325 e. The molecule has 3 heterocycles. The Balaban J connectivity index is 1.86. The van der Waals surface area contributed by atoms with Crippen molar-refractivity contribution in [2.45, 2.75) is 19.0 Å². The van der Waals surface area contributed by atoms with Crippen molar-refractivity contribution in [3.05, 3.63) is 47.4 Å². The minimum atomic E-state index is -1.21. The molecule has 0 spiro atoms. The third-order valence-electron chi connectivity index (χ3n) is 3.28. The molecule has 1 unspecified atom stereocenters. The monoisotopic (exact) mass is 306 g/mol. The largest absolute Gasteiger partial charge is 0.466 e. The second-order valence-corrected chi connectivity index (χ2v) is 5.14. The fourth-order valence-electron chi connectivity index (χ4n) is 2.15. The molecule has 0 saturated carbocycles. The summed E-state index contributed by atoms with van der Waals surface area (Å²) in [6.07, 6.45) is 4.24. The van der Waals surface area contributed by atoms with Crippen LogP contribution in [0.25, 0.3) is 0 Å². The molecule has 0 radical (unpaired) electrons. The SMILES string of the molecule is CC1(c2ccco2)NC(=O)N(Cc2cnc(Cl)cn2)C1=O. The summed E-state index contributed by atoms with van der Waals surface area (Å²) in [7, 11) is 0. The Kier molecular flexibility index (Phi) is 3.13. The van der Waals surface area contributed by atoms with E-state index in [-0.39, 0.29) is 11.7 Å². The molecule has 1 N–H and O–H groups in total. The summed E-state index contributed by atoms with van der Waals surface area (Å²) in [5.74, 6) is -0.0234. The van der Waals surface area contributed by atoms with Crippen molar-refractivity contribution in [2.24, 2.45) is 0 Å². The molecular weight excluding hydrogens is 296 g/mol. The molecule has 21 heavy (non-hydrogen) atoms. The van der Waals surface area contributed by atoms with E-state index in [9.17, 15) is 9.59 Å². The number of hydrogen-bond acceptors (Lipinski definition) is 5. The van der Waals surface area contributed by atoms with Crippen LogP contribution in [0.15, 0.2) is 35.2 Å². The highest BCUT2D eigenvalue weighted by atomic mass is 35.5. The second-order valence-electron chi connectivity index (χ2n) is 4.75. The normalized spacial score (nSPS) is 21.7. The molecule has 1 saturated heterocycles. The lowest BCUT2D eigenvalue weighted by Gasteiger charge is -2.18. The van der Waals surface area contributed by atoms with Gasteiger partial charge in [0.1, 0.15) is 10.9 Å². The number of rotatable bonds is 3. The first-order valence-corrected chi connectivity index (χ1v) is 6.53. The number of aromatic nitrogens is 2. The van der Waals surface area contributed by atoms with Crippen molar-refractivity contribution in [3.63, 3.8) is 0 Å². The molecular formula is C13H11ClN4O3. The van der Waals surface area contributed by atoms with Gasteiger partial charge in [0.15, 0.2) is 5.54 Å². The van der Waals surface area contributed by atoms with Gasteiger partial charge in [0.05, 0.1) is 30.9 Å². The van der Waals surface area contributed by atoms with Crippen molar-refractivity contribution >= 4 is 23.5 Å². The van der Waals surface area contributed by atoms with Gasteiger partial charge in [0.2, 0.25) is 0 Å². The molecule has 1 fully saturated rings. The Morgan fingerprint density at radius 2 is 2.19 bits per heavy atom. The van der Waals surface area contributed by atoms with Gasteiger partial charge in [-0.2, -0.15) is 0 Å². The Hall–Kier alpha value is -2.41. The summed E-state index contributed by atoms with van der Waals surface area (Å²) >= 11 is 5.65. The molecule has 1 aliphatic rings. The van der Waals surface area contributed by atoms with E-state index < -0.39 is 17.5 Å². The van der Waals surface area contributed by atoms with Gasteiger partial charge in [-0.15, -0.1) is 0 Å². The van der Waals surface area contributed by atoms with Crippen LogP contribution in [-0.4, -0.2) is 26.8 Å². The molecule has 2 aromatic heterocycles. The van der Waals surface area contributed by atoms with Crippen LogP contribution in [0, 0.1) is 0 Å². The summed E-state index contributed by atoms with van der Waals surface area (Å²) < 4.78 is 5.25. The molecule has 0 aliphatic carbocycles. The predicted octanol–water partition coefficient (Wildman–Crippen LogP) is 1.69. The summed E-state index contributed by atoms with van der Waals surface area (Å²) in [6.45, 7) is 1.62. The molecule has 1 aliphatic heterocycles. The maximum atomic E-state index is 12.5. The lowest BCUT2D eigenvalue weighted by atomic mass is 9.99. The number of carbonyl (C=O) groups excluding carboxylic acids is 2. The second kappa shape index (κ2) is 4.85. The number of imide groups is 1. The van der Waals surface area contributed by atoms with Gasteiger partial charge in [-0.3, -0.25) is 14.7 Å². The van der Waals surface area contributed by atoms with E-state index >= 15 is 0 Å². The first-order valence-electron chi connectivity index (χ1n) is 6.15. The number of halogens is 1. The number of nitrogens with zero attached hydrogens (tertiary/aromatic N) is 3. The predicted molar refractivity (Wildman–Crippen MR) is 72.2 cm³/mol. The number of furan rings is 1. The molecule has 8 heteroatoms. The van der Waals surface area contributed by atoms with Crippen LogP contribution in [0.4, 0.5) is 4.79 Å². The van der Waals surface area contributed by atoms with Gasteiger partial charge in [-0.05, 0) is 19.1 Å². The Morgan fingerprint density at radius 3 is 2.81 bits per heavy atom. The molecule has 3 amide bonds. The number of nitrogens with one attached hydrogen (secondary N) is 1. The molecule has 7 nitrogen and oxygen atoms in total. The lowest BCUT2D eigenvalue weighted by molar-refractivity contribution is -0.132.